The van der Waals surface area contributed by atoms with Gasteiger partial charge in [0.05, 0.1) is 5.56 Å². The van der Waals surface area contributed by atoms with Gasteiger partial charge in [0, 0.05) is 11.7 Å². The summed E-state index contributed by atoms with van der Waals surface area (Å²) in [5, 5.41) is 3.30. The number of nitrogens with one attached hydrogen (secondary N) is 3. The first-order chi connectivity index (χ1) is 8.58. The van der Waals surface area contributed by atoms with Gasteiger partial charge in [0.1, 0.15) is 5.82 Å². The molecule has 0 unspecified atom stereocenters. The molecule has 106 valence electrons. The molecule has 4 nitrogen and oxygen atoms in total. The molecule has 1 aromatic heterocycles. The van der Waals surface area contributed by atoms with Crippen molar-refractivity contribution in [3.8, 4) is 0 Å². The van der Waals surface area contributed by atoms with Crippen LogP contribution < -0.4 is 16.2 Å². The van der Waals surface area contributed by atoms with Gasteiger partial charge in [-0.2, -0.15) is 13.2 Å². The second kappa shape index (κ2) is 5.60. The van der Waals surface area contributed by atoms with E-state index in [1.807, 2.05) is 20.8 Å². The minimum Gasteiger partial charge on any atom is -0.357 e. The predicted octanol–water partition coefficient (Wildman–Crippen LogP) is 2.69. The molecule has 0 aromatic carbocycles. The smallest absolute Gasteiger partial charge is 0.357 e. The number of anilines is 1. The van der Waals surface area contributed by atoms with Crippen LogP contribution in [0.3, 0.4) is 0 Å². The molecule has 0 saturated heterocycles. The van der Waals surface area contributed by atoms with Crippen molar-refractivity contribution in [3.63, 3.8) is 0 Å². The molecule has 0 saturated carbocycles. The maximum atomic E-state index is 12.3. The summed E-state index contributed by atoms with van der Waals surface area (Å²) in [5.74, 6) is 0.242. The van der Waals surface area contributed by atoms with Crippen molar-refractivity contribution < 1.29 is 13.2 Å². The number of alkyl halides is 3. The fourth-order valence-electron chi connectivity index (χ4n) is 1.13. The van der Waals surface area contributed by atoms with E-state index in [0.717, 1.165) is 12.3 Å². The standard InChI is InChI=1S/C11H15F3N4S/c1-10(2,3)16-9(19)18-17-8-5-4-7(6-15-8)11(12,13)14/h4-6H,1-3H3,(H,15,17)(H2,16,18,19). The summed E-state index contributed by atoms with van der Waals surface area (Å²) in [6.07, 6.45) is -3.63. The van der Waals surface area contributed by atoms with Gasteiger partial charge < -0.3 is 5.32 Å². The van der Waals surface area contributed by atoms with Crippen LogP contribution in [-0.2, 0) is 6.18 Å². The second-order valence-corrected chi connectivity index (χ2v) is 5.29. The lowest BCUT2D eigenvalue weighted by molar-refractivity contribution is -0.137. The number of hydrogen-bond donors (Lipinski definition) is 3. The zero-order valence-electron chi connectivity index (χ0n) is 10.7. The van der Waals surface area contributed by atoms with Gasteiger partial charge in [0.2, 0.25) is 0 Å². The monoisotopic (exact) mass is 292 g/mol. The van der Waals surface area contributed by atoms with Crippen LogP contribution in [0.4, 0.5) is 19.0 Å². The minimum atomic E-state index is -4.39. The third-order valence-corrected chi connectivity index (χ3v) is 2.09. The zero-order chi connectivity index (χ0) is 14.7. The van der Waals surface area contributed by atoms with E-state index >= 15 is 0 Å². The lowest BCUT2D eigenvalue weighted by Gasteiger charge is -2.23. The minimum absolute atomic E-state index is 0.209. The summed E-state index contributed by atoms with van der Waals surface area (Å²) in [6, 6.07) is 2.16. The second-order valence-electron chi connectivity index (χ2n) is 4.88. The van der Waals surface area contributed by atoms with Crippen LogP contribution in [0.15, 0.2) is 18.3 Å². The molecule has 1 heterocycles. The average molecular weight is 292 g/mol. The molecule has 0 atom stereocenters. The Bertz CT molecular complexity index is 437. The molecule has 1 rings (SSSR count). The first-order valence-electron chi connectivity index (χ1n) is 5.45. The van der Waals surface area contributed by atoms with Gasteiger partial charge in [-0.1, -0.05) is 0 Å². The molecule has 0 aliphatic carbocycles. The highest BCUT2D eigenvalue weighted by Gasteiger charge is 2.30. The van der Waals surface area contributed by atoms with E-state index in [1.165, 1.54) is 6.07 Å². The van der Waals surface area contributed by atoms with Gasteiger partial charge in [0.15, 0.2) is 5.11 Å². The molecule has 3 N–H and O–H groups in total. The van der Waals surface area contributed by atoms with Crippen LogP contribution in [-0.4, -0.2) is 15.6 Å². The molecule has 19 heavy (non-hydrogen) atoms. The maximum absolute atomic E-state index is 12.3. The Morgan fingerprint density at radius 2 is 1.84 bits per heavy atom. The molecule has 0 aliphatic heterocycles. The number of hydrazine groups is 1. The Hall–Kier alpha value is -1.57. The molecule has 1 aromatic rings. The van der Waals surface area contributed by atoms with Gasteiger partial charge in [-0.25, -0.2) is 4.98 Å². The highest BCUT2D eigenvalue weighted by molar-refractivity contribution is 7.80. The summed E-state index contributed by atoms with van der Waals surface area (Å²) in [7, 11) is 0. The number of aromatic nitrogens is 1. The number of nitrogens with zero attached hydrogens (tertiary/aromatic N) is 1. The first-order valence-corrected chi connectivity index (χ1v) is 5.86. The summed E-state index contributed by atoms with van der Waals surface area (Å²) < 4.78 is 36.9. The van der Waals surface area contributed by atoms with Crippen LogP contribution >= 0.6 is 12.2 Å². The maximum Gasteiger partial charge on any atom is 0.417 e. The van der Waals surface area contributed by atoms with E-state index in [0.29, 0.717) is 5.11 Å². The highest BCUT2D eigenvalue weighted by atomic mass is 32.1. The van der Waals surface area contributed by atoms with Gasteiger partial charge in [-0.3, -0.25) is 10.9 Å². The van der Waals surface area contributed by atoms with Crippen molar-refractivity contribution in [2.75, 3.05) is 5.43 Å². The number of rotatable bonds is 2. The Morgan fingerprint density at radius 1 is 1.21 bits per heavy atom. The Balaban J connectivity index is 2.53. The zero-order valence-corrected chi connectivity index (χ0v) is 11.5. The average Bonchev–Trinajstić information content (AvgIpc) is 2.23. The van der Waals surface area contributed by atoms with Crippen LogP contribution in [0.1, 0.15) is 26.3 Å². The van der Waals surface area contributed by atoms with Gasteiger partial charge in [0.25, 0.3) is 0 Å². The molecule has 8 heteroatoms. The summed E-state index contributed by atoms with van der Waals surface area (Å²) in [5.41, 5.74) is 4.25. The number of halogens is 3. The van der Waals surface area contributed by atoms with E-state index in [-0.39, 0.29) is 11.4 Å². The van der Waals surface area contributed by atoms with E-state index in [1.54, 1.807) is 0 Å². The molecule has 0 bridgehead atoms. The van der Waals surface area contributed by atoms with E-state index < -0.39 is 11.7 Å². The molecular formula is C11H15F3N4S. The number of hydrogen-bond acceptors (Lipinski definition) is 3. The lowest BCUT2D eigenvalue weighted by atomic mass is 10.1. The predicted molar refractivity (Wildman–Crippen MR) is 71.5 cm³/mol. The van der Waals surface area contributed by atoms with Crippen molar-refractivity contribution in [1.29, 1.82) is 0 Å². The molecule has 0 amide bonds. The van der Waals surface area contributed by atoms with Crippen molar-refractivity contribution in [1.82, 2.24) is 15.7 Å². The Labute approximate surface area is 114 Å². The number of thiocarbonyl (C=S) groups is 1. The summed E-state index contributed by atoms with van der Waals surface area (Å²) in [6.45, 7) is 5.78. The largest absolute Gasteiger partial charge is 0.417 e. The van der Waals surface area contributed by atoms with Crippen molar-refractivity contribution in [2.45, 2.75) is 32.5 Å². The third kappa shape index (κ3) is 5.73. The van der Waals surface area contributed by atoms with E-state index in [4.69, 9.17) is 12.2 Å². The Kier molecular flexibility index (Phi) is 4.56. The fourth-order valence-corrected chi connectivity index (χ4v) is 1.49. The van der Waals surface area contributed by atoms with Crippen LogP contribution in [0, 0.1) is 0 Å². The molecule has 0 fully saturated rings. The topological polar surface area (TPSA) is 49.0 Å². The SMILES string of the molecule is CC(C)(C)NC(=S)NNc1ccc(C(F)(F)F)cn1. The molecule has 0 aliphatic rings. The van der Waals surface area contributed by atoms with Crippen LogP contribution in [0.25, 0.3) is 0 Å². The molecule has 0 spiro atoms. The van der Waals surface area contributed by atoms with Gasteiger partial charge >= 0.3 is 6.18 Å². The summed E-state index contributed by atoms with van der Waals surface area (Å²) in [4.78, 5) is 3.63. The van der Waals surface area contributed by atoms with Crippen molar-refractivity contribution in [3.05, 3.63) is 23.9 Å². The lowest BCUT2D eigenvalue weighted by Crippen LogP contribution is -2.48. The van der Waals surface area contributed by atoms with E-state index in [9.17, 15) is 13.2 Å². The van der Waals surface area contributed by atoms with Crippen molar-refractivity contribution in [2.24, 2.45) is 0 Å². The normalized spacial score (nSPS) is 11.9. The third-order valence-electron chi connectivity index (χ3n) is 1.88. The molecule has 0 radical (unpaired) electrons. The number of pyridine rings is 1. The Morgan fingerprint density at radius 3 is 2.26 bits per heavy atom. The van der Waals surface area contributed by atoms with Crippen LogP contribution in [0.5, 0.6) is 0 Å². The van der Waals surface area contributed by atoms with Crippen molar-refractivity contribution >= 4 is 23.1 Å². The first kappa shape index (κ1) is 15.5. The van der Waals surface area contributed by atoms with Gasteiger partial charge in [-0.05, 0) is 45.1 Å². The fraction of sp³-hybridized carbons (Fsp3) is 0.455. The van der Waals surface area contributed by atoms with Gasteiger partial charge in [-0.15, -0.1) is 0 Å². The molecular weight excluding hydrogens is 277 g/mol. The highest BCUT2D eigenvalue weighted by Crippen LogP contribution is 2.28. The summed E-state index contributed by atoms with van der Waals surface area (Å²) >= 11 is 4.99. The van der Waals surface area contributed by atoms with Crippen LogP contribution in [0.2, 0.25) is 0 Å². The quantitative estimate of drug-likeness (QED) is 0.578. The van der Waals surface area contributed by atoms with E-state index in [2.05, 4.69) is 21.2 Å².